The molecule has 0 amide bonds. The number of hydrogen-bond donors (Lipinski definition) is 0. The Bertz CT molecular complexity index is 393. The van der Waals surface area contributed by atoms with Gasteiger partial charge in [-0.2, -0.15) is 0 Å². The second kappa shape index (κ2) is 4.67. The Kier molecular flexibility index (Phi) is 3.76. The van der Waals surface area contributed by atoms with Gasteiger partial charge in [0, 0.05) is 11.5 Å². The maximum absolute atomic E-state index is 12.2. The molecule has 1 aromatic rings. The van der Waals surface area contributed by atoms with Gasteiger partial charge in [0.15, 0.2) is 0 Å². The van der Waals surface area contributed by atoms with Crippen molar-refractivity contribution >= 4 is 7.37 Å². The Morgan fingerprint density at radius 2 is 1.93 bits per heavy atom. The molecule has 3 heteroatoms. The topological polar surface area (TPSA) is 26.3 Å². The summed E-state index contributed by atoms with van der Waals surface area (Å²) < 4.78 is 17.7. The molecule has 0 aliphatic carbocycles. The summed E-state index contributed by atoms with van der Waals surface area (Å²) in [5, 5.41) is 0.616. The van der Waals surface area contributed by atoms with Gasteiger partial charge in [0.2, 0.25) is 0 Å². The van der Waals surface area contributed by atoms with Gasteiger partial charge in [-0.15, -0.1) is 0 Å². The zero-order valence-electron chi connectivity index (χ0n) is 9.49. The standard InChI is InChI=1S/C12H17O2P/c1-5-15(13,10(2)3)14-12-8-6-11(4)7-9-12/h6-9H,2,5H2,1,3-4H3. The quantitative estimate of drug-likeness (QED) is 0.716. The molecule has 1 rings (SSSR count). The van der Waals surface area contributed by atoms with E-state index in [1.807, 2.05) is 38.1 Å². The fourth-order valence-electron chi connectivity index (χ4n) is 1.18. The first-order chi connectivity index (χ1) is 6.98. The summed E-state index contributed by atoms with van der Waals surface area (Å²) in [6.07, 6.45) is 0.482. The van der Waals surface area contributed by atoms with Crippen molar-refractivity contribution in [2.24, 2.45) is 0 Å². The van der Waals surface area contributed by atoms with Crippen molar-refractivity contribution in [2.45, 2.75) is 20.8 Å². The molecule has 1 aromatic carbocycles. The van der Waals surface area contributed by atoms with E-state index in [2.05, 4.69) is 6.58 Å². The minimum absolute atomic E-state index is 0.482. The molecule has 2 nitrogen and oxygen atoms in total. The van der Waals surface area contributed by atoms with E-state index in [1.165, 1.54) is 0 Å². The molecule has 0 aromatic heterocycles. The first kappa shape index (κ1) is 12.1. The summed E-state index contributed by atoms with van der Waals surface area (Å²) in [6.45, 7) is 9.32. The third-order valence-corrected chi connectivity index (χ3v) is 4.77. The average molecular weight is 224 g/mol. The predicted molar refractivity (Wildman–Crippen MR) is 64.8 cm³/mol. The summed E-state index contributed by atoms with van der Waals surface area (Å²) in [5.41, 5.74) is 1.16. The molecule has 0 radical (unpaired) electrons. The van der Waals surface area contributed by atoms with Crippen LogP contribution in [-0.2, 0) is 4.57 Å². The highest BCUT2D eigenvalue weighted by Gasteiger charge is 2.22. The van der Waals surface area contributed by atoms with E-state index in [0.717, 1.165) is 5.56 Å². The number of rotatable bonds is 4. The van der Waals surface area contributed by atoms with Gasteiger partial charge in [0.05, 0.1) is 0 Å². The molecule has 0 saturated heterocycles. The minimum atomic E-state index is -2.70. The highest BCUT2D eigenvalue weighted by molar-refractivity contribution is 7.63. The van der Waals surface area contributed by atoms with Gasteiger partial charge in [-0.25, -0.2) is 0 Å². The molecule has 1 unspecified atom stereocenters. The van der Waals surface area contributed by atoms with Crippen LogP contribution in [-0.4, -0.2) is 6.16 Å². The lowest BCUT2D eigenvalue weighted by atomic mass is 10.2. The van der Waals surface area contributed by atoms with Crippen molar-refractivity contribution in [3.63, 3.8) is 0 Å². The summed E-state index contributed by atoms with van der Waals surface area (Å²) >= 11 is 0. The molecule has 1 atom stereocenters. The zero-order valence-corrected chi connectivity index (χ0v) is 10.4. The monoisotopic (exact) mass is 224 g/mol. The molecule has 0 bridgehead atoms. The van der Waals surface area contributed by atoms with E-state index in [0.29, 0.717) is 17.2 Å². The Hall–Kier alpha value is -1.01. The molecule has 0 saturated carbocycles. The van der Waals surface area contributed by atoms with Gasteiger partial charge < -0.3 is 4.52 Å². The van der Waals surface area contributed by atoms with Crippen LogP contribution in [0.1, 0.15) is 19.4 Å². The highest BCUT2D eigenvalue weighted by Crippen LogP contribution is 2.53. The van der Waals surface area contributed by atoms with E-state index in [1.54, 1.807) is 6.92 Å². The Labute approximate surface area is 91.4 Å². The second-order valence-electron chi connectivity index (χ2n) is 3.63. The van der Waals surface area contributed by atoms with Crippen LogP contribution in [0, 0.1) is 6.92 Å². The maximum atomic E-state index is 12.2. The summed E-state index contributed by atoms with van der Waals surface area (Å²) in [6, 6.07) is 7.54. The van der Waals surface area contributed by atoms with Crippen LogP contribution in [0.4, 0.5) is 0 Å². The lowest BCUT2D eigenvalue weighted by Gasteiger charge is -2.17. The second-order valence-corrected chi connectivity index (χ2v) is 6.55. The number of benzene rings is 1. The van der Waals surface area contributed by atoms with E-state index in [-0.39, 0.29) is 0 Å². The lowest BCUT2D eigenvalue weighted by Crippen LogP contribution is -1.96. The van der Waals surface area contributed by atoms with Crippen LogP contribution in [0.25, 0.3) is 0 Å². The largest absolute Gasteiger partial charge is 0.440 e. The first-order valence-electron chi connectivity index (χ1n) is 4.99. The lowest BCUT2D eigenvalue weighted by molar-refractivity contribution is 0.489. The third kappa shape index (κ3) is 2.97. The van der Waals surface area contributed by atoms with E-state index in [9.17, 15) is 4.57 Å². The molecule has 0 aliphatic heterocycles. The molecule has 0 aliphatic rings. The van der Waals surface area contributed by atoms with Crippen LogP contribution in [0.3, 0.4) is 0 Å². The van der Waals surface area contributed by atoms with Crippen LogP contribution in [0.2, 0.25) is 0 Å². The Morgan fingerprint density at radius 1 is 1.40 bits per heavy atom. The van der Waals surface area contributed by atoms with Gasteiger partial charge in [-0.3, -0.25) is 4.57 Å². The fraction of sp³-hybridized carbons (Fsp3) is 0.333. The van der Waals surface area contributed by atoms with Crippen molar-refractivity contribution < 1.29 is 9.09 Å². The molecule has 0 heterocycles. The molecule has 0 N–H and O–H groups in total. The van der Waals surface area contributed by atoms with E-state index < -0.39 is 7.37 Å². The Balaban J connectivity index is 2.89. The molecule has 0 spiro atoms. The van der Waals surface area contributed by atoms with Crippen LogP contribution in [0.15, 0.2) is 36.2 Å². The number of aryl methyl sites for hydroxylation is 1. The van der Waals surface area contributed by atoms with Crippen molar-refractivity contribution in [3.05, 3.63) is 41.7 Å². The first-order valence-corrected chi connectivity index (χ1v) is 6.80. The summed E-state index contributed by atoms with van der Waals surface area (Å²) in [5.74, 6) is 0.647. The molecular formula is C12H17O2P. The molecule has 15 heavy (non-hydrogen) atoms. The van der Waals surface area contributed by atoms with Crippen molar-refractivity contribution in [3.8, 4) is 5.75 Å². The minimum Gasteiger partial charge on any atom is -0.440 e. The van der Waals surface area contributed by atoms with Crippen LogP contribution < -0.4 is 4.52 Å². The van der Waals surface area contributed by atoms with Gasteiger partial charge in [0.1, 0.15) is 5.75 Å². The van der Waals surface area contributed by atoms with E-state index in [4.69, 9.17) is 4.52 Å². The van der Waals surface area contributed by atoms with Gasteiger partial charge in [0.25, 0.3) is 7.37 Å². The Morgan fingerprint density at radius 3 is 2.33 bits per heavy atom. The van der Waals surface area contributed by atoms with Crippen molar-refractivity contribution in [1.82, 2.24) is 0 Å². The number of allylic oxidation sites excluding steroid dienone is 1. The van der Waals surface area contributed by atoms with Gasteiger partial charge in [-0.05, 0) is 26.0 Å². The highest BCUT2D eigenvalue weighted by atomic mass is 31.2. The van der Waals surface area contributed by atoms with Crippen molar-refractivity contribution in [1.29, 1.82) is 0 Å². The fourth-order valence-corrected chi connectivity index (χ4v) is 2.47. The van der Waals surface area contributed by atoms with Gasteiger partial charge in [-0.1, -0.05) is 31.2 Å². The average Bonchev–Trinajstić information content (AvgIpc) is 2.21. The maximum Gasteiger partial charge on any atom is 0.272 e. The summed E-state index contributed by atoms with van der Waals surface area (Å²) in [7, 11) is -2.70. The van der Waals surface area contributed by atoms with Crippen LogP contribution in [0.5, 0.6) is 5.75 Å². The molecular weight excluding hydrogens is 207 g/mol. The number of hydrogen-bond acceptors (Lipinski definition) is 2. The smallest absolute Gasteiger partial charge is 0.272 e. The van der Waals surface area contributed by atoms with Gasteiger partial charge >= 0.3 is 0 Å². The third-order valence-electron chi connectivity index (χ3n) is 2.27. The SMILES string of the molecule is C=C(C)P(=O)(CC)Oc1ccc(C)cc1. The molecule has 82 valence electrons. The summed E-state index contributed by atoms with van der Waals surface area (Å²) in [4.78, 5) is 0. The predicted octanol–water partition coefficient (Wildman–Crippen LogP) is 4.21. The van der Waals surface area contributed by atoms with E-state index >= 15 is 0 Å². The van der Waals surface area contributed by atoms with Crippen LogP contribution >= 0.6 is 7.37 Å². The normalized spacial score (nSPS) is 14.3. The van der Waals surface area contributed by atoms with Crippen molar-refractivity contribution in [2.75, 3.05) is 6.16 Å². The zero-order chi connectivity index (χ0) is 11.5. The molecule has 0 fully saturated rings.